The van der Waals surface area contributed by atoms with Crippen LogP contribution in [-0.4, -0.2) is 46.3 Å². The summed E-state index contributed by atoms with van der Waals surface area (Å²) in [5.41, 5.74) is 3.72. The van der Waals surface area contributed by atoms with E-state index in [0.717, 1.165) is 30.2 Å². The van der Waals surface area contributed by atoms with Crippen molar-refractivity contribution in [2.45, 2.75) is 24.9 Å². The second-order valence-corrected chi connectivity index (χ2v) is 11.9. The minimum absolute atomic E-state index is 0.0496. The van der Waals surface area contributed by atoms with E-state index < -0.39 is 29.1 Å². The van der Waals surface area contributed by atoms with E-state index in [1.807, 2.05) is 18.2 Å². The summed E-state index contributed by atoms with van der Waals surface area (Å²) in [5, 5.41) is 13.6. The molecule has 0 saturated heterocycles. The molecule has 2 heterocycles. The molecule has 11 heteroatoms. The monoisotopic (exact) mass is 548 g/mol. The van der Waals surface area contributed by atoms with Crippen LogP contribution in [0.5, 0.6) is 0 Å². The van der Waals surface area contributed by atoms with Crippen molar-refractivity contribution < 1.29 is 31.7 Å². The Labute approximate surface area is 225 Å². The van der Waals surface area contributed by atoms with Gasteiger partial charge in [0.15, 0.2) is 0 Å². The van der Waals surface area contributed by atoms with Crippen LogP contribution in [0.25, 0.3) is 22.3 Å². The maximum atomic E-state index is 13.6. The number of carbonyl (C=O) groups is 1. The minimum atomic E-state index is -3.79. The molecule has 2 N–H and O–H groups in total. The maximum Gasteiger partial charge on any atom is 0.492 e. The first-order chi connectivity index (χ1) is 18.7. The molecule has 0 spiro atoms. The van der Waals surface area contributed by atoms with Gasteiger partial charge in [-0.25, -0.2) is 12.8 Å². The largest absolute Gasteiger partial charge is 0.492 e. The van der Waals surface area contributed by atoms with E-state index in [-0.39, 0.29) is 24.1 Å². The van der Waals surface area contributed by atoms with Crippen LogP contribution in [0.3, 0.4) is 0 Å². The number of hydrogen-bond donors (Lipinski definition) is 2. The Balaban J connectivity index is 1.52. The highest BCUT2D eigenvalue weighted by Crippen LogP contribution is 2.48. The first-order valence-corrected chi connectivity index (χ1v) is 14.5. The zero-order valence-corrected chi connectivity index (χ0v) is 22.2. The number of nitrogens with zero attached hydrogens (tertiary/aromatic N) is 1. The van der Waals surface area contributed by atoms with Crippen LogP contribution in [0, 0.1) is 5.82 Å². The SMILES string of the molecule is CNC(=O)c1c(-c2ccc(F)cc2)oc2cc(N(CC3OB(O)c4ccccc43)S(C)(=O)=O)c(C3CC3)cc12. The number of benzene rings is 3. The van der Waals surface area contributed by atoms with Gasteiger partial charge in [-0.1, -0.05) is 24.3 Å². The second kappa shape index (κ2) is 9.51. The van der Waals surface area contributed by atoms with Gasteiger partial charge >= 0.3 is 7.12 Å². The Morgan fingerprint density at radius 2 is 1.85 bits per heavy atom. The van der Waals surface area contributed by atoms with Crippen LogP contribution < -0.4 is 15.1 Å². The number of fused-ring (bicyclic) bond motifs is 2. The number of halogens is 1. The van der Waals surface area contributed by atoms with E-state index in [9.17, 15) is 22.6 Å². The number of amides is 1. The predicted molar refractivity (Wildman–Crippen MR) is 147 cm³/mol. The molecular weight excluding hydrogens is 522 g/mol. The molecule has 3 aromatic carbocycles. The van der Waals surface area contributed by atoms with Gasteiger partial charge in [-0.05, 0) is 65.7 Å². The number of anilines is 1. The highest BCUT2D eigenvalue weighted by molar-refractivity contribution is 7.92. The number of nitrogens with one attached hydrogen (secondary N) is 1. The molecule has 1 aromatic heterocycles. The van der Waals surface area contributed by atoms with Gasteiger partial charge in [0.05, 0.1) is 30.2 Å². The summed E-state index contributed by atoms with van der Waals surface area (Å²) >= 11 is 0. The topological polar surface area (TPSA) is 109 Å². The Morgan fingerprint density at radius 3 is 2.51 bits per heavy atom. The first kappa shape index (κ1) is 25.6. The summed E-state index contributed by atoms with van der Waals surface area (Å²) in [7, 11) is -3.42. The minimum Gasteiger partial charge on any atom is -0.455 e. The lowest BCUT2D eigenvalue weighted by atomic mass is 9.79. The predicted octanol–water partition coefficient (Wildman–Crippen LogP) is 3.70. The standard InChI is InChI=1S/C28H26BFN2O6S/c1-31-28(33)26-21-13-20(16-7-8-16)23(14-24(21)37-27(26)17-9-11-18(30)12-10-17)32(39(2,35)36)15-25-19-5-3-4-6-22(19)29(34)38-25/h3-6,9-14,16,25,34H,7-8,15H2,1-2H3,(H,31,33). The Bertz CT molecular complexity index is 1700. The molecule has 39 heavy (non-hydrogen) atoms. The Kier molecular flexibility index (Phi) is 6.24. The molecule has 200 valence electrons. The number of carbonyl (C=O) groups excluding carboxylic acids is 1. The summed E-state index contributed by atoms with van der Waals surface area (Å²) in [4.78, 5) is 13.0. The van der Waals surface area contributed by atoms with Crippen molar-refractivity contribution in [3.8, 4) is 11.3 Å². The third-order valence-electron chi connectivity index (χ3n) is 7.32. The van der Waals surface area contributed by atoms with Crippen molar-refractivity contribution in [2.75, 3.05) is 24.2 Å². The Morgan fingerprint density at radius 1 is 1.13 bits per heavy atom. The summed E-state index contributed by atoms with van der Waals surface area (Å²) in [6.45, 7) is -0.0496. The fraction of sp³-hybridized carbons (Fsp3) is 0.250. The molecule has 4 aromatic rings. The molecule has 1 amide bonds. The summed E-state index contributed by atoms with van der Waals surface area (Å²) in [5.74, 6) is -0.394. The number of rotatable bonds is 7. The van der Waals surface area contributed by atoms with Gasteiger partial charge in [-0.3, -0.25) is 9.10 Å². The molecule has 0 bridgehead atoms. The fourth-order valence-corrected chi connectivity index (χ4v) is 6.20. The van der Waals surface area contributed by atoms with Crippen molar-refractivity contribution in [2.24, 2.45) is 0 Å². The van der Waals surface area contributed by atoms with E-state index in [0.29, 0.717) is 33.2 Å². The van der Waals surface area contributed by atoms with Crippen molar-refractivity contribution in [3.63, 3.8) is 0 Å². The van der Waals surface area contributed by atoms with Gasteiger partial charge < -0.3 is 19.4 Å². The zero-order chi connectivity index (χ0) is 27.5. The maximum absolute atomic E-state index is 13.6. The lowest BCUT2D eigenvalue weighted by molar-refractivity contribution is 0.0964. The highest BCUT2D eigenvalue weighted by Gasteiger charge is 2.39. The number of hydrogen-bond acceptors (Lipinski definition) is 6. The van der Waals surface area contributed by atoms with Crippen molar-refractivity contribution in [1.82, 2.24) is 5.32 Å². The Hall–Kier alpha value is -3.67. The molecule has 1 fully saturated rings. The first-order valence-electron chi connectivity index (χ1n) is 12.6. The van der Waals surface area contributed by atoms with Crippen LogP contribution >= 0.6 is 0 Å². The normalized spacial score (nSPS) is 16.9. The zero-order valence-electron chi connectivity index (χ0n) is 21.3. The van der Waals surface area contributed by atoms with Gasteiger partial charge in [0, 0.05) is 24.1 Å². The van der Waals surface area contributed by atoms with E-state index in [2.05, 4.69) is 5.32 Å². The third kappa shape index (κ3) is 4.60. The summed E-state index contributed by atoms with van der Waals surface area (Å²) < 4.78 is 53.3. The van der Waals surface area contributed by atoms with Crippen LogP contribution in [0.4, 0.5) is 10.1 Å². The average Bonchev–Trinajstić information content (AvgIpc) is 3.62. The van der Waals surface area contributed by atoms with Crippen LogP contribution in [0.15, 0.2) is 65.1 Å². The molecule has 1 aliphatic carbocycles. The van der Waals surface area contributed by atoms with Crippen molar-refractivity contribution >= 4 is 45.2 Å². The van der Waals surface area contributed by atoms with Crippen LogP contribution in [0.1, 0.15) is 46.3 Å². The van der Waals surface area contributed by atoms with Crippen molar-refractivity contribution in [3.05, 3.63) is 83.2 Å². The van der Waals surface area contributed by atoms with Gasteiger partial charge in [0.2, 0.25) is 10.0 Å². The molecule has 8 nitrogen and oxygen atoms in total. The molecule has 6 rings (SSSR count). The smallest absolute Gasteiger partial charge is 0.455 e. The van der Waals surface area contributed by atoms with Gasteiger partial charge in [0.1, 0.15) is 17.2 Å². The molecule has 1 atom stereocenters. The summed E-state index contributed by atoms with van der Waals surface area (Å²) in [6.07, 6.45) is 2.22. The lowest BCUT2D eigenvalue weighted by Gasteiger charge is -2.28. The molecule has 1 saturated carbocycles. The van der Waals surface area contributed by atoms with Gasteiger partial charge in [-0.15, -0.1) is 0 Å². The number of furan rings is 1. The van der Waals surface area contributed by atoms with Crippen molar-refractivity contribution in [1.29, 1.82) is 0 Å². The van der Waals surface area contributed by atoms with Crippen LogP contribution in [-0.2, 0) is 14.7 Å². The molecular formula is C28H26BFN2O6S. The fourth-order valence-electron chi connectivity index (χ4n) is 5.28. The third-order valence-corrected chi connectivity index (χ3v) is 8.46. The van der Waals surface area contributed by atoms with Gasteiger partial charge in [-0.2, -0.15) is 0 Å². The van der Waals surface area contributed by atoms with E-state index in [1.165, 1.54) is 35.6 Å². The number of sulfonamides is 1. The molecule has 1 unspecified atom stereocenters. The van der Waals surface area contributed by atoms with Gasteiger partial charge in [0.25, 0.3) is 5.91 Å². The highest BCUT2D eigenvalue weighted by atomic mass is 32.2. The van der Waals surface area contributed by atoms with E-state index in [1.54, 1.807) is 18.2 Å². The molecule has 1 aliphatic heterocycles. The molecule has 2 aliphatic rings. The quantitative estimate of drug-likeness (QED) is 0.341. The van der Waals surface area contributed by atoms with E-state index >= 15 is 0 Å². The second-order valence-electron chi connectivity index (χ2n) is 9.97. The average molecular weight is 548 g/mol. The summed E-state index contributed by atoms with van der Waals surface area (Å²) in [6, 6.07) is 16.3. The lowest BCUT2D eigenvalue weighted by Crippen LogP contribution is -2.35. The van der Waals surface area contributed by atoms with E-state index in [4.69, 9.17) is 9.07 Å². The van der Waals surface area contributed by atoms with Crippen LogP contribution in [0.2, 0.25) is 0 Å². The molecule has 0 radical (unpaired) electrons.